The van der Waals surface area contributed by atoms with Crippen LogP contribution in [0, 0.1) is 0 Å². The van der Waals surface area contributed by atoms with E-state index in [2.05, 4.69) is 10.3 Å². The van der Waals surface area contributed by atoms with Gasteiger partial charge in [0.05, 0.1) is 16.8 Å². The number of nitrogens with zero attached hydrogens (tertiary/aromatic N) is 2. The summed E-state index contributed by atoms with van der Waals surface area (Å²) in [7, 11) is 0. The molecule has 1 aliphatic rings. The lowest BCUT2D eigenvalue weighted by atomic mass is 10.2. The second kappa shape index (κ2) is 10.5. The number of thiazole rings is 1. The summed E-state index contributed by atoms with van der Waals surface area (Å²) in [6.07, 6.45) is 0. The third kappa shape index (κ3) is 5.41. The number of benzene rings is 2. The number of carbonyl (C=O) groups is 2. The SMILES string of the molecule is CCN(CC(=O)Nc1ccc2c(c1)OCCO2)C(=O)c1ccccc1SCc1cscn1. The zero-order valence-corrected chi connectivity index (χ0v) is 19.2. The highest BCUT2D eigenvalue weighted by Gasteiger charge is 2.21. The van der Waals surface area contributed by atoms with E-state index < -0.39 is 0 Å². The molecule has 0 radical (unpaired) electrons. The Balaban J connectivity index is 1.41. The Morgan fingerprint density at radius 1 is 1.16 bits per heavy atom. The van der Waals surface area contributed by atoms with Crippen molar-refractivity contribution in [2.45, 2.75) is 17.6 Å². The predicted octanol–water partition coefficient (Wildman–Crippen LogP) is 4.31. The number of fused-ring (bicyclic) bond motifs is 1. The molecule has 0 saturated carbocycles. The summed E-state index contributed by atoms with van der Waals surface area (Å²) in [5, 5.41) is 4.84. The number of amides is 2. The number of rotatable bonds is 8. The van der Waals surface area contributed by atoms with Crippen molar-refractivity contribution < 1.29 is 19.1 Å². The number of anilines is 1. The molecule has 0 unspecified atom stereocenters. The predicted molar refractivity (Wildman–Crippen MR) is 126 cm³/mol. The highest BCUT2D eigenvalue weighted by atomic mass is 32.2. The largest absolute Gasteiger partial charge is 0.486 e. The second-order valence-corrected chi connectivity index (χ2v) is 8.73. The van der Waals surface area contributed by atoms with Crippen molar-refractivity contribution in [2.24, 2.45) is 0 Å². The smallest absolute Gasteiger partial charge is 0.255 e. The molecular weight excluding hydrogens is 446 g/mol. The number of hydrogen-bond acceptors (Lipinski definition) is 7. The van der Waals surface area contributed by atoms with E-state index >= 15 is 0 Å². The number of carbonyl (C=O) groups excluding carboxylic acids is 2. The number of ether oxygens (including phenoxy) is 2. The van der Waals surface area contributed by atoms with Gasteiger partial charge in [-0.05, 0) is 31.2 Å². The molecule has 9 heteroatoms. The first kappa shape index (κ1) is 22.2. The molecule has 7 nitrogen and oxygen atoms in total. The first-order valence-corrected chi connectivity index (χ1v) is 12.1. The molecule has 2 heterocycles. The van der Waals surface area contributed by atoms with E-state index in [-0.39, 0.29) is 18.4 Å². The van der Waals surface area contributed by atoms with E-state index in [0.717, 1.165) is 10.6 Å². The van der Waals surface area contributed by atoms with Crippen molar-refractivity contribution in [3.63, 3.8) is 0 Å². The van der Waals surface area contributed by atoms with Crippen LogP contribution in [0.2, 0.25) is 0 Å². The van der Waals surface area contributed by atoms with Gasteiger partial charge in [0.25, 0.3) is 5.91 Å². The molecule has 32 heavy (non-hydrogen) atoms. The Bertz CT molecular complexity index is 1090. The normalized spacial score (nSPS) is 12.3. The van der Waals surface area contributed by atoms with E-state index in [9.17, 15) is 9.59 Å². The minimum absolute atomic E-state index is 0.0468. The van der Waals surface area contributed by atoms with E-state index in [0.29, 0.717) is 48.3 Å². The van der Waals surface area contributed by atoms with E-state index in [4.69, 9.17) is 9.47 Å². The van der Waals surface area contributed by atoms with E-state index in [1.807, 2.05) is 30.5 Å². The average Bonchev–Trinajstić information content (AvgIpc) is 3.34. The van der Waals surface area contributed by atoms with Crippen LogP contribution in [-0.2, 0) is 10.5 Å². The number of thioether (sulfide) groups is 1. The first-order chi connectivity index (χ1) is 15.6. The molecule has 1 aromatic heterocycles. The van der Waals surface area contributed by atoms with Crippen molar-refractivity contribution >= 4 is 40.6 Å². The fourth-order valence-electron chi connectivity index (χ4n) is 3.22. The summed E-state index contributed by atoms with van der Waals surface area (Å²) >= 11 is 3.12. The van der Waals surface area contributed by atoms with Crippen LogP contribution in [0.3, 0.4) is 0 Å². The zero-order chi connectivity index (χ0) is 22.3. The standard InChI is InChI=1S/C23H23N3O4S2/c1-2-26(12-22(27)25-16-7-8-19-20(11-16)30-10-9-29-19)23(28)18-5-3-4-6-21(18)32-14-17-13-31-15-24-17/h3-8,11,13,15H,2,9-10,12,14H2,1H3,(H,25,27). The summed E-state index contributed by atoms with van der Waals surface area (Å²) in [5.41, 5.74) is 3.96. The van der Waals surface area contributed by atoms with Crippen LogP contribution >= 0.6 is 23.1 Å². The summed E-state index contributed by atoms with van der Waals surface area (Å²) in [6, 6.07) is 12.7. The topological polar surface area (TPSA) is 80.8 Å². The van der Waals surface area contributed by atoms with Gasteiger partial charge in [-0.25, -0.2) is 4.98 Å². The minimum Gasteiger partial charge on any atom is -0.486 e. The molecule has 0 spiro atoms. The van der Waals surface area contributed by atoms with Crippen LogP contribution < -0.4 is 14.8 Å². The molecule has 0 saturated heterocycles. The van der Waals surface area contributed by atoms with Crippen molar-refractivity contribution in [3.05, 3.63) is 64.6 Å². The molecule has 166 valence electrons. The van der Waals surface area contributed by atoms with Gasteiger partial charge in [-0.15, -0.1) is 23.1 Å². The molecule has 3 aromatic rings. The molecule has 0 fully saturated rings. The molecule has 4 rings (SSSR count). The van der Waals surface area contributed by atoms with Crippen molar-refractivity contribution in [1.29, 1.82) is 0 Å². The molecule has 1 N–H and O–H groups in total. The van der Waals surface area contributed by atoms with Gasteiger partial charge >= 0.3 is 0 Å². The third-order valence-corrected chi connectivity index (χ3v) is 6.55. The zero-order valence-electron chi connectivity index (χ0n) is 17.6. The van der Waals surface area contributed by atoms with Crippen molar-refractivity contribution in [3.8, 4) is 11.5 Å². The summed E-state index contributed by atoms with van der Waals surface area (Å²) in [4.78, 5) is 32.6. The number of nitrogens with one attached hydrogen (secondary N) is 1. The quantitative estimate of drug-likeness (QED) is 0.495. The Morgan fingerprint density at radius 2 is 1.97 bits per heavy atom. The molecule has 0 bridgehead atoms. The second-order valence-electron chi connectivity index (χ2n) is 6.99. The maximum absolute atomic E-state index is 13.2. The van der Waals surface area contributed by atoms with E-state index in [1.54, 1.807) is 52.9 Å². The van der Waals surface area contributed by atoms with Gasteiger partial charge in [0.15, 0.2) is 11.5 Å². The van der Waals surface area contributed by atoms with Gasteiger partial charge < -0.3 is 19.7 Å². The van der Waals surface area contributed by atoms with Gasteiger partial charge in [-0.1, -0.05) is 12.1 Å². The molecule has 2 aromatic carbocycles. The Hall–Kier alpha value is -3.04. The third-order valence-electron chi connectivity index (χ3n) is 4.81. The van der Waals surface area contributed by atoms with Crippen LogP contribution in [0.4, 0.5) is 5.69 Å². The molecule has 1 aliphatic heterocycles. The first-order valence-electron chi connectivity index (χ1n) is 10.2. The van der Waals surface area contributed by atoms with Crippen molar-refractivity contribution in [1.82, 2.24) is 9.88 Å². The van der Waals surface area contributed by atoms with Crippen LogP contribution in [0.15, 0.2) is 58.3 Å². The highest BCUT2D eigenvalue weighted by molar-refractivity contribution is 7.98. The average molecular weight is 470 g/mol. The van der Waals surface area contributed by atoms with Crippen molar-refractivity contribution in [2.75, 3.05) is 31.6 Å². The molecule has 0 atom stereocenters. The lowest BCUT2D eigenvalue weighted by Gasteiger charge is -2.22. The van der Waals surface area contributed by atoms with Gasteiger partial charge in [0.1, 0.15) is 19.8 Å². The fourth-order valence-corrected chi connectivity index (χ4v) is 4.83. The monoisotopic (exact) mass is 469 g/mol. The summed E-state index contributed by atoms with van der Waals surface area (Å²) in [6.45, 7) is 3.21. The summed E-state index contributed by atoms with van der Waals surface area (Å²) < 4.78 is 11.1. The Labute approximate surface area is 194 Å². The van der Waals surface area contributed by atoms with Crippen LogP contribution in [0.5, 0.6) is 11.5 Å². The van der Waals surface area contributed by atoms with Crippen LogP contribution in [0.1, 0.15) is 23.0 Å². The van der Waals surface area contributed by atoms with Crippen LogP contribution in [-0.4, -0.2) is 48.0 Å². The number of likely N-dealkylation sites (N-methyl/N-ethyl adjacent to an activating group) is 1. The van der Waals surface area contributed by atoms with Crippen LogP contribution in [0.25, 0.3) is 0 Å². The maximum Gasteiger partial charge on any atom is 0.255 e. The lowest BCUT2D eigenvalue weighted by molar-refractivity contribution is -0.116. The molecular formula is C23H23N3O4S2. The summed E-state index contributed by atoms with van der Waals surface area (Å²) in [5.74, 6) is 1.50. The Morgan fingerprint density at radius 3 is 2.75 bits per heavy atom. The Kier molecular flexibility index (Phi) is 7.28. The number of hydrogen-bond donors (Lipinski definition) is 1. The van der Waals surface area contributed by atoms with Gasteiger partial charge in [-0.3, -0.25) is 9.59 Å². The van der Waals surface area contributed by atoms with Gasteiger partial charge in [0, 0.05) is 34.3 Å². The maximum atomic E-state index is 13.2. The lowest BCUT2D eigenvalue weighted by Crippen LogP contribution is -2.38. The van der Waals surface area contributed by atoms with Gasteiger partial charge in [0.2, 0.25) is 5.91 Å². The number of aromatic nitrogens is 1. The van der Waals surface area contributed by atoms with Gasteiger partial charge in [-0.2, -0.15) is 0 Å². The highest BCUT2D eigenvalue weighted by Crippen LogP contribution is 2.32. The molecule has 0 aliphatic carbocycles. The minimum atomic E-state index is -0.274. The fraction of sp³-hybridized carbons (Fsp3) is 0.261. The van der Waals surface area contributed by atoms with E-state index in [1.165, 1.54) is 4.90 Å². The molecule has 2 amide bonds.